The van der Waals surface area contributed by atoms with Crippen molar-refractivity contribution in [3.05, 3.63) is 32.9 Å². The van der Waals surface area contributed by atoms with Crippen LogP contribution in [0.15, 0.2) is 0 Å². The molecule has 7 nitrogen and oxygen atoms in total. The molecular weight excluding hydrogens is 322 g/mol. The summed E-state index contributed by atoms with van der Waals surface area (Å²) in [5.41, 5.74) is 10.7. The van der Waals surface area contributed by atoms with Crippen LogP contribution >= 0.6 is 0 Å². The van der Waals surface area contributed by atoms with E-state index >= 15 is 0 Å². The molecule has 0 aliphatic rings. The summed E-state index contributed by atoms with van der Waals surface area (Å²) in [6.45, 7) is 25.4. The molecule has 0 unspecified atom stereocenters. The fourth-order valence-electron chi connectivity index (χ4n) is 1.17. The van der Waals surface area contributed by atoms with Crippen molar-refractivity contribution < 1.29 is 17.1 Å². The van der Waals surface area contributed by atoms with Gasteiger partial charge in [-0.05, 0) is 25.9 Å². The van der Waals surface area contributed by atoms with E-state index in [2.05, 4.69) is 0 Å². The first-order chi connectivity index (χ1) is 10.4. The van der Waals surface area contributed by atoms with Gasteiger partial charge in [0.15, 0.2) is 0 Å². The molecule has 0 atom stereocenters. The second-order valence-corrected chi connectivity index (χ2v) is 3.05. The fraction of sp³-hybridized carbons (Fsp3) is 0.643. The Kier molecular flexibility index (Phi) is 247. The molecule has 1 radical (unpaired) electrons. The Morgan fingerprint density at radius 3 is 0.682 bits per heavy atom. The van der Waals surface area contributed by atoms with Crippen LogP contribution in [0.2, 0.25) is 0 Å². The molecule has 0 aromatic carbocycles. The summed E-state index contributed by atoms with van der Waals surface area (Å²) in [5, 5.41) is 31.2. The molecule has 121 valence electrons. The van der Waals surface area contributed by atoms with Crippen LogP contribution in [-0.4, -0.2) is 13.1 Å². The van der Waals surface area contributed by atoms with E-state index in [9.17, 15) is 0 Å². The Hall–Kier alpha value is -2.11. The van der Waals surface area contributed by atoms with E-state index in [1.54, 1.807) is 0 Å². The minimum atomic E-state index is 0. The van der Waals surface area contributed by atoms with Crippen LogP contribution in [0.25, 0.3) is 0 Å². The van der Waals surface area contributed by atoms with Gasteiger partial charge in [-0.3, -0.25) is 0 Å². The van der Waals surface area contributed by atoms with Crippen LogP contribution in [0.4, 0.5) is 0 Å². The maximum absolute atomic E-state index is 6.25. The summed E-state index contributed by atoms with van der Waals surface area (Å²) in [7, 11) is 0. The smallest absolute Gasteiger partial charge is 0.512 e. The van der Waals surface area contributed by atoms with E-state index in [0.717, 1.165) is 13.1 Å². The number of nitrogens with zero attached hydrogens (tertiary/aromatic N) is 5. The SMILES string of the molecule is NCCCCCCCCCN.[C-]#N.[C-]#N.[C-]#N.[C-]#N.[C-]#N.[Fe+5]. The first-order valence-corrected chi connectivity index (χ1v) is 5.93. The van der Waals surface area contributed by atoms with E-state index in [-0.39, 0.29) is 17.1 Å². The largest absolute Gasteiger partial charge is 5.00 e. The molecule has 0 aromatic rings. The summed E-state index contributed by atoms with van der Waals surface area (Å²) in [6.07, 6.45) is 9.05. The van der Waals surface area contributed by atoms with Crippen molar-refractivity contribution in [2.45, 2.75) is 44.9 Å². The number of rotatable bonds is 8. The van der Waals surface area contributed by atoms with E-state index in [0.29, 0.717) is 0 Å². The molecule has 0 heterocycles. The van der Waals surface area contributed by atoms with Gasteiger partial charge >= 0.3 is 17.1 Å². The monoisotopic (exact) mass is 344 g/mol. The molecule has 0 rings (SSSR count). The molecule has 4 N–H and O–H groups in total. The van der Waals surface area contributed by atoms with E-state index in [1.807, 2.05) is 0 Å². The predicted molar refractivity (Wildman–Crippen MR) is 75.3 cm³/mol. The van der Waals surface area contributed by atoms with Gasteiger partial charge in [-0.25, -0.2) is 0 Å². The maximum atomic E-state index is 6.25. The first-order valence-electron chi connectivity index (χ1n) is 5.93. The van der Waals surface area contributed by atoms with Gasteiger partial charge in [-0.1, -0.05) is 32.1 Å². The summed E-state index contributed by atoms with van der Waals surface area (Å²) in [6, 6.07) is 0. The van der Waals surface area contributed by atoms with Crippen LogP contribution < -0.4 is 11.5 Å². The third kappa shape index (κ3) is 147. The Balaban J connectivity index is -0.0000000348. The number of hydrogen-bond donors (Lipinski definition) is 2. The zero-order valence-corrected chi connectivity index (χ0v) is 13.7. The van der Waals surface area contributed by atoms with Gasteiger partial charge in [0, 0.05) is 0 Å². The fourth-order valence-corrected chi connectivity index (χ4v) is 1.17. The van der Waals surface area contributed by atoms with Crippen molar-refractivity contribution in [3.63, 3.8) is 0 Å². The third-order valence-corrected chi connectivity index (χ3v) is 1.91. The second kappa shape index (κ2) is 127. The van der Waals surface area contributed by atoms with Crippen LogP contribution in [-0.2, 0) is 17.1 Å². The molecule has 0 saturated carbocycles. The Morgan fingerprint density at radius 2 is 0.545 bits per heavy atom. The standard InChI is InChI=1S/C9H22N2.5CN.Fe/c10-8-6-4-2-1-3-5-7-9-11;5*1-2;/h1-11H2;;;;;;/q;5*-1;+5. The van der Waals surface area contributed by atoms with Crippen LogP contribution in [0.1, 0.15) is 44.9 Å². The quantitative estimate of drug-likeness (QED) is 0.385. The van der Waals surface area contributed by atoms with Crippen molar-refractivity contribution in [2.24, 2.45) is 11.5 Å². The van der Waals surface area contributed by atoms with Crippen molar-refractivity contribution in [1.29, 1.82) is 26.3 Å². The van der Waals surface area contributed by atoms with Gasteiger partial charge < -0.3 is 70.6 Å². The Morgan fingerprint density at radius 1 is 0.409 bits per heavy atom. The van der Waals surface area contributed by atoms with Gasteiger partial charge in [0.2, 0.25) is 0 Å². The van der Waals surface area contributed by atoms with Gasteiger partial charge in [0.1, 0.15) is 0 Å². The number of nitrogens with two attached hydrogens (primary N) is 2. The first kappa shape index (κ1) is 42.7. The predicted octanol–water partition coefficient (Wildman–Crippen LogP) is 2.11. The molecular formula is C14H22FeN7. The Bertz CT molecular complexity index is 179. The zero-order valence-electron chi connectivity index (χ0n) is 12.6. The summed E-state index contributed by atoms with van der Waals surface area (Å²) in [5.74, 6) is 0. The van der Waals surface area contributed by atoms with Crippen LogP contribution in [0, 0.1) is 59.2 Å². The molecule has 8 heteroatoms. The average molecular weight is 344 g/mol. The number of hydrogen-bond acceptors (Lipinski definition) is 7. The minimum absolute atomic E-state index is 0. The van der Waals surface area contributed by atoms with E-state index in [4.69, 9.17) is 70.6 Å². The third-order valence-electron chi connectivity index (χ3n) is 1.91. The maximum Gasteiger partial charge on any atom is 5.00 e. The van der Waals surface area contributed by atoms with Gasteiger partial charge in [-0.15, -0.1) is 0 Å². The van der Waals surface area contributed by atoms with E-state index < -0.39 is 0 Å². The van der Waals surface area contributed by atoms with Gasteiger partial charge in [0.25, 0.3) is 0 Å². The second-order valence-electron chi connectivity index (χ2n) is 3.05. The van der Waals surface area contributed by atoms with Gasteiger partial charge in [0.05, 0.1) is 0 Å². The molecule has 0 aliphatic heterocycles. The molecule has 0 bridgehead atoms. The van der Waals surface area contributed by atoms with Crippen LogP contribution in [0.5, 0.6) is 0 Å². The van der Waals surface area contributed by atoms with Crippen LogP contribution in [0.3, 0.4) is 0 Å². The van der Waals surface area contributed by atoms with Crippen molar-refractivity contribution in [2.75, 3.05) is 13.1 Å². The average Bonchev–Trinajstić information content (AvgIpc) is 2.63. The molecule has 0 amide bonds. The van der Waals surface area contributed by atoms with Crippen molar-refractivity contribution in [1.82, 2.24) is 0 Å². The van der Waals surface area contributed by atoms with Crippen molar-refractivity contribution >= 4 is 0 Å². The molecule has 0 aliphatic carbocycles. The molecule has 0 aromatic heterocycles. The van der Waals surface area contributed by atoms with Crippen molar-refractivity contribution in [3.8, 4) is 0 Å². The summed E-state index contributed by atoms with van der Waals surface area (Å²) in [4.78, 5) is 0. The summed E-state index contributed by atoms with van der Waals surface area (Å²) < 4.78 is 0. The molecule has 0 saturated heterocycles. The topological polar surface area (TPSA) is 171 Å². The normalized spacial score (nSPS) is 5.64. The van der Waals surface area contributed by atoms with E-state index in [1.165, 1.54) is 44.9 Å². The molecule has 0 fully saturated rings. The molecule has 22 heavy (non-hydrogen) atoms. The minimum Gasteiger partial charge on any atom is -0.512 e. The van der Waals surface area contributed by atoms with Gasteiger partial charge in [-0.2, -0.15) is 0 Å². The zero-order chi connectivity index (χ0) is 18.4. The summed E-state index contributed by atoms with van der Waals surface area (Å²) >= 11 is 0. The number of unbranched alkanes of at least 4 members (excludes halogenated alkanes) is 6. The Labute approximate surface area is 146 Å². The molecule has 0 spiro atoms.